The molecule has 1 aliphatic heterocycles. The zero-order valence-corrected chi connectivity index (χ0v) is 9.64. The molecule has 18 heavy (non-hydrogen) atoms. The van der Waals surface area contributed by atoms with Gasteiger partial charge < -0.3 is 5.11 Å². The minimum atomic E-state index is -0.823. The van der Waals surface area contributed by atoms with E-state index in [4.69, 9.17) is 0 Å². The molecule has 2 atom stereocenters. The number of aromatic nitrogens is 1. The zero-order valence-electron chi connectivity index (χ0n) is 9.64. The van der Waals surface area contributed by atoms with Crippen molar-refractivity contribution in [1.82, 2.24) is 15.8 Å². The molecule has 1 fully saturated rings. The molecule has 6 heteroatoms. The average Bonchev–Trinajstić information content (AvgIpc) is 2.74. The van der Waals surface area contributed by atoms with Gasteiger partial charge in [0.2, 0.25) is 5.91 Å². The van der Waals surface area contributed by atoms with Gasteiger partial charge in [0.1, 0.15) is 0 Å². The van der Waals surface area contributed by atoms with E-state index in [1.54, 1.807) is 12.3 Å². The second-order valence-corrected chi connectivity index (χ2v) is 4.81. The molecule has 1 aromatic heterocycles. The number of rotatable bonds is 0. The summed E-state index contributed by atoms with van der Waals surface area (Å²) in [6, 6.07) is 1.69. The van der Waals surface area contributed by atoms with Crippen molar-refractivity contribution in [2.45, 2.75) is 30.8 Å². The van der Waals surface area contributed by atoms with Gasteiger partial charge in [-0.1, -0.05) is 0 Å². The number of hydrogen-bond acceptors (Lipinski definition) is 4. The van der Waals surface area contributed by atoms with Crippen LogP contribution in [0, 0.1) is 0 Å². The molecule has 6 nitrogen and oxygen atoms in total. The van der Waals surface area contributed by atoms with Crippen molar-refractivity contribution in [3.05, 3.63) is 29.6 Å². The molecular formula is C12H13N3O3. The Balaban J connectivity index is 2.20. The van der Waals surface area contributed by atoms with Crippen LogP contribution in [0.2, 0.25) is 0 Å². The van der Waals surface area contributed by atoms with Crippen molar-refractivity contribution >= 4 is 11.8 Å². The van der Waals surface area contributed by atoms with E-state index in [1.807, 2.05) is 0 Å². The quantitative estimate of drug-likeness (QED) is 0.584. The molecule has 2 amide bonds. The predicted octanol–water partition coefficient (Wildman–Crippen LogP) is -0.361. The number of hydrazine groups is 1. The van der Waals surface area contributed by atoms with Crippen LogP contribution >= 0.6 is 0 Å². The van der Waals surface area contributed by atoms with Crippen LogP contribution in [0.4, 0.5) is 0 Å². The lowest BCUT2D eigenvalue weighted by Crippen LogP contribution is -2.47. The lowest BCUT2D eigenvalue weighted by molar-refractivity contribution is -0.127. The molecule has 0 saturated heterocycles. The third-order valence-electron chi connectivity index (χ3n) is 3.79. The molecule has 0 aromatic carbocycles. The van der Waals surface area contributed by atoms with Crippen LogP contribution < -0.4 is 10.9 Å². The number of fused-ring (bicyclic) bond motifs is 2. The van der Waals surface area contributed by atoms with Crippen LogP contribution in [-0.4, -0.2) is 28.0 Å². The lowest BCUT2D eigenvalue weighted by atomic mass is 9.76. The summed E-state index contributed by atoms with van der Waals surface area (Å²) in [5, 5.41) is 9.75. The number of carbonyl (C=O) groups is 2. The van der Waals surface area contributed by atoms with Crippen LogP contribution in [0.5, 0.6) is 0 Å². The minimum absolute atomic E-state index is 0.266. The summed E-state index contributed by atoms with van der Waals surface area (Å²) in [6.45, 7) is 0. The second-order valence-electron chi connectivity index (χ2n) is 4.81. The van der Waals surface area contributed by atoms with Gasteiger partial charge in [0.25, 0.3) is 5.91 Å². The van der Waals surface area contributed by atoms with Gasteiger partial charge in [-0.2, -0.15) is 0 Å². The SMILES string of the molecule is O=C1NNC(=O)C2(CCC(O)C2)c2ccncc21. The molecule has 3 rings (SSSR count). The van der Waals surface area contributed by atoms with Gasteiger partial charge in [0.15, 0.2) is 0 Å². The summed E-state index contributed by atoms with van der Waals surface area (Å²) in [7, 11) is 0. The van der Waals surface area contributed by atoms with E-state index in [1.165, 1.54) is 6.20 Å². The number of nitrogens with one attached hydrogen (secondary N) is 2. The lowest BCUT2D eigenvalue weighted by Gasteiger charge is -2.26. The van der Waals surface area contributed by atoms with Crippen LogP contribution in [0.3, 0.4) is 0 Å². The topological polar surface area (TPSA) is 91.3 Å². The van der Waals surface area contributed by atoms with E-state index in [0.29, 0.717) is 30.4 Å². The zero-order chi connectivity index (χ0) is 12.8. The van der Waals surface area contributed by atoms with E-state index in [9.17, 15) is 14.7 Å². The van der Waals surface area contributed by atoms with Gasteiger partial charge in [-0.25, -0.2) is 0 Å². The highest BCUT2D eigenvalue weighted by atomic mass is 16.3. The highest BCUT2D eigenvalue weighted by Crippen LogP contribution is 2.43. The van der Waals surface area contributed by atoms with Gasteiger partial charge in [-0.15, -0.1) is 0 Å². The monoisotopic (exact) mass is 247 g/mol. The fourth-order valence-corrected chi connectivity index (χ4v) is 2.89. The standard InChI is InChI=1S/C12H13N3O3/c16-7-1-3-12(5-7)9-2-4-13-6-8(9)10(17)14-15-11(12)18/h2,4,6-7,16H,1,3,5H2,(H,14,17)(H,15,18). The Morgan fingerprint density at radius 1 is 1.39 bits per heavy atom. The molecule has 1 saturated carbocycles. The molecule has 2 unspecified atom stereocenters. The first-order chi connectivity index (χ1) is 8.63. The molecule has 0 bridgehead atoms. The summed E-state index contributed by atoms with van der Waals surface area (Å²) < 4.78 is 0. The maximum atomic E-state index is 12.2. The Morgan fingerprint density at radius 2 is 2.22 bits per heavy atom. The number of aliphatic hydroxyl groups is 1. The first-order valence-corrected chi connectivity index (χ1v) is 5.87. The number of carbonyl (C=O) groups excluding carboxylic acids is 2. The normalized spacial score (nSPS) is 30.6. The smallest absolute Gasteiger partial charge is 0.271 e. The van der Waals surface area contributed by atoms with Crippen LogP contribution in [0.25, 0.3) is 0 Å². The molecular weight excluding hydrogens is 234 g/mol. The Labute approximate surface area is 103 Å². The second kappa shape index (κ2) is 3.78. The van der Waals surface area contributed by atoms with E-state index >= 15 is 0 Å². The van der Waals surface area contributed by atoms with Crippen LogP contribution in [0.15, 0.2) is 18.5 Å². The summed E-state index contributed by atoms with van der Waals surface area (Å²) in [5.74, 6) is -0.637. The number of nitrogens with zero attached hydrogens (tertiary/aromatic N) is 1. The van der Waals surface area contributed by atoms with E-state index in [0.717, 1.165) is 0 Å². The molecule has 1 aromatic rings. The maximum absolute atomic E-state index is 12.2. The minimum Gasteiger partial charge on any atom is -0.393 e. The summed E-state index contributed by atoms with van der Waals surface area (Å²) in [6.07, 6.45) is 3.94. The Kier molecular flexibility index (Phi) is 2.34. The van der Waals surface area contributed by atoms with Gasteiger partial charge in [0.05, 0.1) is 17.1 Å². The first kappa shape index (κ1) is 11.2. The van der Waals surface area contributed by atoms with Gasteiger partial charge in [0, 0.05) is 12.4 Å². The fourth-order valence-electron chi connectivity index (χ4n) is 2.89. The van der Waals surface area contributed by atoms with Crippen molar-refractivity contribution in [2.24, 2.45) is 0 Å². The van der Waals surface area contributed by atoms with Crippen molar-refractivity contribution in [2.75, 3.05) is 0 Å². The number of aliphatic hydroxyl groups excluding tert-OH is 1. The molecule has 1 spiro atoms. The third kappa shape index (κ3) is 1.42. The van der Waals surface area contributed by atoms with Crippen molar-refractivity contribution in [1.29, 1.82) is 0 Å². The average molecular weight is 247 g/mol. The van der Waals surface area contributed by atoms with Gasteiger partial charge in [-0.05, 0) is 30.9 Å². The molecule has 0 radical (unpaired) electrons. The number of amides is 2. The van der Waals surface area contributed by atoms with Crippen LogP contribution in [-0.2, 0) is 10.2 Å². The largest absolute Gasteiger partial charge is 0.393 e. The molecule has 3 N–H and O–H groups in total. The van der Waals surface area contributed by atoms with E-state index < -0.39 is 11.5 Å². The summed E-state index contributed by atoms with van der Waals surface area (Å²) in [5.41, 5.74) is 5.00. The number of pyridine rings is 1. The molecule has 2 heterocycles. The van der Waals surface area contributed by atoms with Crippen molar-refractivity contribution < 1.29 is 14.7 Å². The third-order valence-corrected chi connectivity index (χ3v) is 3.79. The van der Waals surface area contributed by atoms with E-state index in [-0.39, 0.29) is 11.8 Å². The molecule has 1 aliphatic carbocycles. The molecule has 2 aliphatic rings. The predicted molar refractivity (Wildman–Crippen MR) is 61.4 cm³/mol. The summed E-state index contributed by atoms with van der Waals surface area (Å²) in [4.78, 5) is 28.0. The maximum Gasteiger partial charge on any atom is 0.271 e. The Morgan fingerprint density at radius 3 is 2.94 bits per heavy atom. The highest BCUT2D eigenvalue weighted by molar-refractivity contribution is 6.03. The van der Waals surface area contributed by atoms with Crippen LogP contribution in [0.1, 0.15) is 35.2 Å². The van der Waals surface area contributed by atoms with E-state index in [2.05, 4.69) is 15.8 Å². The Hall–Kier alpha value is -1.95. The van der Waals surface area contributed by atoms with Crippen molar-refractivity contribution in [3.63, 3.8) is 0 Å². The van der Waals surface area contributed by atoms with Gasteiger partial charge >= 0.3 is 0 Å². The number of hydrogen-bond donors (Lipinski definition) is 3. The highest BCUT2D eigenvalue weighted by Gasteiger charge is 2.49. The first-order valence-electron chi connectivity index (χ1n) is 5.87. The fraction of sp³-hybridized carbons (Fsp3) is 0.417. The van der Waals surface area contributed by atoms with Gasteiger partial charge in [-0.3, -0.25) is 25.4 Å². The Bertz CT molecular complexity index is 531. The summed E-state index contributed by atoms with van der Waals surface area (Å²) >= 11 is 0. The molecule has 94 valence electrons. The van der Waals surface area contributed by atoms with Crippen molar-refractivity contribution in [3.8, 4) is 0 Å².